The maximum absolute atomic E-state index is 12.4. The van der Waals surface area contributed by atoms with Crippen LogP contribution in [0.15, 0.2) is 54.1 Å². The predicted octanol–water partition coefficient (Wildman–Crippen LogP) is 3.09. The zero-order valence-corrected chi connectivity index (χ0v) is 17.0. The summed E-state index contributed by atoms with van der Waals surface area (Å²) >= 11 is 0. The van der Waals surface area contributed by atoms with E-state index in [1.165, 1.54) is 21.9 Å². The molecule has 0 unspecified atom stereocenters. The highest BCUT2D eigenvalue weighted by Crippen LogP contribution is 2.29. The number of benzene rings is 2. The van der Waals surface area contributed by atoms with Crippen LogP contribution >= 0.6 is 0 Å². The Morgan fingerprint density at radius 2 is 1.67 bits per heavy atom. The van der Waals surface area contributed by atoms with Gasteiger partial charge in [-0.15, -0.1) is 0 Å². The third-order valence-corrected chi connectivity index (χ3v) is 7.59. The van der Waals surface area contributed by atoms with Crippen LogP contribution < -0.4 is 0 Å². The molecule has 2 aromatic carbocycles. The van der Waals surface area contributed by atoms with Crippen molar-refractivity contribution < 1.29 is 8.42 Å². The van der Waals surface area contributed by atoms with Gasteiger partial charge in [0.2, 0.25) is 0 Å². The molecule has 0 amide bonds. The fourth-order valence-corrected chi connectivity index (χ4v) is 6.51. The normalized spacial score (nSPS) is 25.4. The molecule has 0 aromatic heterocycles. The van der Waals surface area contributed by atoms with E-state index in [-0.39, 0.29) is 17.8 Å². The van der Waals surface area contributed by atoms with Crippen LogP contribution in [-0.2, 0) is 16.4 Å². The Hall–Kier alpha value is -1.69. The molecule has 2 atom stereocenters. The van der Waals surface area contributed by atoms with Gasteiger partial charge in [-0.25, -0.2) is 8.42 Å². The van der Waals surface area contributed by atoms with Crippen molar-refractivity contribution in [3.8, 4) is 0 Å². The SMILES string of the molecule is CC(C)=CCN1CCN(Cc2cccc3ccccc23)[C@H]2CS(=O)(=O)C[C@H]21. The number of piperazine rings is 1. The maximum atomic E-state index is 12.4. The van der Waals surface area contributed by atoms with Gasteiger partial charge in [0.05, 0.1) is 11.5 Å². The molecule has 2 saturated heterocycles. The van der Waals surface area contributed by atoms with Gasteiger partial charge in [-0.1, -0.05) is 54.1 Å². The van der Waals surface area contributed by atoms with E-state index >= 15 is 0 Å². The molecule has 2 aromatic rings. The number of sulfone groups is 1. The minimum Gasteiger partial charge on any atom is -0.293 e. The average Bonchev–Trinajstić information content (AvgIpc) is 2.97. The fourth-order valence-electron chi connectivity index (χ4n) is 4.47. The Bertz CT molecular complexity index is 958. The lowest BCUT2D eigenvalue weighted by Crippen LogP contribution is -2.58. The molecule has 2 aliphatic rings. The second kappa shape index (κ2) is 7.38. The van der Waals surface area contributed by atoms with Crippen molar-refractivity contribution in [2.24, 2.45) is 0 Å². The van der Waals surface area contributed by atoms with Crippen molar-refractivity contribution >= 4 is 20.6 Å². The van der Waals surface area contributed by atoms with Crippen LogP contribution in [0.3, 0.4) is 0 Å². The number of fused-ring (bicyclic) bond motifs is 2. The molecule has 144 valence electrons. The van der Waals surface area contributed by atoms with E-state index in [0.717, 1.165) is 26.2 Å². The topological polar surface area (TPSA) is 40.6 Å². The molecule has 0 bridgehead atoms. The smallest absolute Gasteiger partial charge is 0.153 e. The van der Waals surface area contributed by atoms with E-state index in [2.05, 4.69) is 72.2 Å². The average molecular weight is 385 g/mol. The maximum Gasteiger partial charge on any atom is 0.153 e. The number of nitrogens with zero attached hydrogens (tertiary/aromatic N) is 2. The summed E-state index contributed by atoms with van der Waals surface area (Å²) < 4.78 is 24.8. The van der Waals surface area contributed by atoms with Crippen LogP contribution in [0.2, 0.25) is 0 Å². The minimum absolute atomic E-state index is 0.0910. The zero-order chi connectivity index (χ0) is 19.0. The second-order valence-corrected chi connectivity index (χ2v) is 10.3. The second-order valence-electron chi connectivity index (χ2n) is 8.10. The summed E-state index contributed by atoms with van der Waals surface area (Å²) in [5.41, 5.74) is 2.57. The number of rotatable bonds is 4. The lowest BCUT2D eigenvalue weighted by atomic mass is 10.0. The highest BCUT2D eigenvalue weighted by molar-refractivity contribution is 7.91. The zero-order valence-electron chi connectivity index (χ0n) is 16.1. The Kier molecular flexibility index (Phi) is 5.10. The third kappa shape index (κ3) is 3.96. The van der Waals surface area contributed by atoms with Gasteiger partial charge in [-0.05, 0) is 30.2 Å². The first-order chi connectivity index (χ1) is 12.9. The van der Waals surface area contributed by atoms with Crippen LogP contribution in [0, 0.1) is 0 Å². The van der Waals surface area contributed by atoms with E-state index in [1.807, 2.05) is 0 Å². The summed E-state index contributed by atoms with van der Waals surface area (Å²) in [6.07, 6.45) is 2.21. The molecule has 0 N–H and O–H groups in total. The van der Waals surface area contributed by atoms with Crippen molar-refractivity contribution in [1.82, 2.24) is 9.80 Å². The lowest BCUT2D eigenvalue weighted by Gasteiger charge is -2.43. The quantitative estimate of drug-likeness (QED) is 0.760. The minimum atomic E-state index is -2.97. The molecular formula is C22H28N2O2S. The fraction of sp³-hybridized carbons (Fsp3) is 0.455. The Morgan fingerprint density at radius 3 is 2.44 bits per heavy atom. The lowest BCUT2D eigenvalue weighted by molar-refractivity contribution is 0.0480. The molecule has 0 spiro atoms. The van der Waals surface area contributed by atoms with Crippen LogP contribution in [0.5, 0.6) is 0 Å². The van der Waals surface area contributed by atoms with Gasteiger partial charge in [-0.3, -0.25) is 9.80 Å². The highest BCUT2D eigenvalue weighted by Gasteiger charge is 2.46. The van der Waals surface area contributed by atoms with E-state index in [9.17, 15) is 8.42 Å². The van der Waals surface area contributed by atoms with Crippen molar-refractivity contribution in [2.45, 2.75) is 32.5 Å². The number of hydrogen-bond donors (Lipinski definition) is 0. The number of hydrogen-bond acceptors (Lipinski definition) is 4. The molecule has 27 heavy (non-hydrogen) atoms. The summed E-state index contributed by atoms with van der Waals surface area (Å²) in [7, 11) is -2.97. The largest absolute Gasteiger partial charge is 0.293 e. The third-order valence-electron chi connectivity index (χ3n) is 5.89. The molecule has 2 fully saturated rings. The van der Waals surface area contributed by atoms with Crippen molar-refractivity contribution in [1.29, 1.82) is 0 Å². The van der Waals surface area contributed by atoms with Gasteiger partial charge < -0.3 is 0 Å². The first-order valence-electron chi connectivity index (χ1n) is 9.71. The molecule has 2 heterocycles. The molecule has 0 aliphatic carbocycles. The van der Waals surface area contributed by atoms with E-state index in [4.69, 9.17) is 0 Å². The first kappa shape index (κ1) is 18.7. The van der Waals surface area contributed by atoms with Crippen LogP contribution in [0.4, 0.5) is 0 Å². The van der Waals surface area contributed by atoms with Crippen LogP contribution in [-0.4, -0.2) is 61.4 Å². The van der Waals surface area contributed by atoms with Gasteiger partial charge in [0, 0.05) is 38.3 Å². The molecular weight excluding hydrogens is 356 g/mol. The van der Waals surface area contributed by atoms with E-state index < -0.39 is 9.84 Å². The summed E-state index contributed by atoms with van der Waals surface area (Å²) in [5, 5.41) is 2.51. The van der Waals surface area contributed by atoms with Crippen molar-refractivity contribution in [3.05, 3.63) is 59.7 Å². The molecule has 2 aliphatic heterocycles. The van der Waals surface area contributed by atoms with Gasteiger partial charge in [0.25, 0.3) is 0 Å². The van der Waals surface area contributed by atoms with Gasteiger partial charge >= 0.3 is 0 Å². The number of allylic oxidation sites excluding steroid dienone is 1. The Morgan fingerprint density at radius 1 is 1.00 bits per heavy atom. The monoisotopic (exact) mass is 384 g/mol. The predicted molar refractivity (Wildman–Crippen MR) is 112 cm³/mol. The molecule has 5 heteroatoms. The Labute approximate surface area is 162 Å². The summed E-state index contributed by atoms with van der Waals surface area (Å²) in [4.78, 5) is 4.76. The van der Waals surface area contributed by atoms with Crippen molar-refractivity contribution in [3.63, 3.8) is 0 Å². The van der Waals surface area contributed by atoms with Gasteiger partial charge in [0.15, 0.2) is 9.84 Å². The van der Waals surface area contributed by atoms with Gasteiger partial charge in [0.1, 0.15) is 0 Å². The van der Waals surface area contributed by atoms with Crippen LogP contribution in [0.1, 0.15) is 19.4 Å². The Balaban J connectivity index is 1.60. The summed E-state index contributed by atoms with van der Waals surface area (Å²) in [6, 6.07) is 15.1. The molecule has 0 radical (unpaired) electrons. The van der Waals surface area contributed by atoms with Crippen molar-refractivity contribution in [2.75, 3.05) is 31.1 Å². The van der Waals surface area contributed by atoms with Gasteiger partial charge in [-0.2, -0.15) is 0 Å². The molecule has 4 nitrogen and oxygen atoms in total. The van der Waals surface area contributed by atoms with E-state index in [0.29, 0.717) is 5.75 Å². The standard InChI is InChI=1S/C22H28N2O2S/c1-17(2)10-11-23-12-13-24(22-16-27(25,26)15-21(22)23)14-19-8-5-7-18-6-3-4-9-20(18)19/h3-10,21-22H,11-16H2,1-2H3/t21-,22+/m1/s1. The highest BCUT2D eigenvalue weighted by atomic mass is 32.2. The summed E-state index contributed by atoms with van der Waals surface area (Å²) in [6.45, 7) is 7.69. The van der Waals surface area contributed by atoms with E-state index in [1.54, 1.807) is 0 Å². The molecule has 0 saturated carbocycles. The molecule has 4 rings (SSSR count). The summed E-state index contributed by atoms with van der Waals surface area (Å²) in [5.74, 6) is 0.577. The first-order valence-corrected chi connectivity index (χ1v) is 11.5. The van der Waals surface area contributed by atoms with Crippen LogP contribution in [0.25, 0.3) is 10.8 Å².